The van der Waals surface area contributed by atoms with E-state index in [1.54, 1.807) is 12.3 Å². The number of fused-ring (bicyclic) bond motifs is 1. The molecular weight excluding hydrogens is 229 g/mol. The Bertz CT molecular complexity index is 544. The number of nitrogens with one attached hydrogen (secondary N) is 2. The van der Waals surface area contributed by atoms with Crippen molar-refractivity contribution in [1.29, 1.82) is 0 Å². The standard InChI is InChI=1S/C14H16FN3/c15-12-5-1-3-10-6-8-17-14(13(10)12)18-9-11-4-2-7-16-11/h1,3,5-6,8,11,16H,2,4,7,9H2,(H,17,18). The second kappa shape index (κ2) is 4.90. The van der Waals surface area contributed by atoms with E-state index in [9.17, 15) is 4.39 Å². The van der Waals surface area contributed by atoms with Gasteiger partial charge in [-0.2, -0.15) is 0 Å². The molecule has 1 unspecified atom stereocenters. The molecule has 18 heavy (non-hydrogen) atoms. The van der Waals surface area contributed by atoms with Crippen LogP contribution in [0.2, 0.25) is 0 Å². The fraction of sp³-hybridized carbons (Fsp3) is 0.357. The molecule has 0 radical (unpaired) electrons. The van der Waals surface area contributed by atoms with Crippen molar-refractivity contribution < 1.29 is 4.39 Å². The molecule has 1 atom stereocenters. The third-order valence-electron chi connectivity index (χ3n) is 3.42. The number of nitrogens with zero attached hydrogens (tertiary/aromatic N) is 1. The number of hydrogen-bond donors (Lipinski definition) is 2. The predicted octanol–water partition coefficient (Wildman–Crippen LogP) is 2.54. The summed E-state index contributed by atoms with van der Waals surface area (Å²) in [5.41, 5.74) is 0. The molecule has 3 nitrogen and oxygen atoms in total. The number of hydrogen-bond acceptors (Lipinski definition) is 3. The number of pyridine rings is 1. The van der Waals surface area contributed by atoms with E-state index in [0.717, 1.165) is 18.5 Å². The first-order chi connectivity index (χ1) is 8.84. The largest absolute Gasteiger partial charge is 0.368 e. The van der Waals surface area contributed by atoms with Crippen LogP contribution in [0, 0.1) is 5.82 Å². The van der Waals surface area contributed by atoms with E-state index < -0.39 is 0 Å². The van der Waals surface area contributed by atoms with Crippen LogP contribution in [0.4, 0.5) is 10.2 Å². The van der Waals surface area contributed by atoms with E-state index in [1.165, 1.54) is 18.9 Å². The van der Waals surface area contributed by atoms with Gasteiger partial charge in [-0.3, -0.25) is 0 Å². The van der Waals surface area contributed by atoms with Crippen molar-refractivity contribution in [2.45, 2.75) is 18.9 Å². The summed E-state index contributed by atoms with van der Waals surface area (Å²) in [5, 5.41) is 8.13. The van der Waals surface area contributed by atoms with Crippen LogP contribution in [0.25, 0.3) is 10.8 Å². The molecule has 0 amide bonds. The van der Waals surface area contributed by atoms with Crippen LogP contribution in [0.3, 0.4) is 0 Å². The van der Waals surface area contributed by atoms with E-state index in [2.05, 4.69) is 15.6 Å². The molecule has 94 valence electrons. The van der Waals surface area contributed by atoms with Crippen LogP contribution >= 0.6 is 0 Å². The summed E-state index contributed by atoms with van der Waals surface area (Å²) < 4.78 is 13.9. The lowest BCUT2D eigenvalue weighted by Gasteiger charge is -2.13. The van der Waals surface area contributed by atoms with Gasteiger partial charge < -0.3 is 10.6 Å². The molecule has 2 aromatic rings. The Hall–Kier alpha value is -1.68. The first kappa shape index (κ1) is 11.4. The smallest absolute Gasteiger partial charge is 0.136 e. The molecule has 3 rings (SSSR count). The Morgan fingerprint density at radius 1 is 1.39 bits per heavy atom. The molecule has 4 heteroatoms. The van der Waals surface area contributed by atoms with Crippen molar-refractivity contribution in [1.82, 2.24) is 10.3 Å². The molecule has 0 spiro atoms. The first-order valence-corrected chi connectivity index (χ1v) is 6.35. The SMILES string of the molecule is Fc1cccc2ccnc(NCC3CCCN3)c12. The van der Waals surface area contributed by atoms with Gasteiger partial charge in [0, 0.05) is 18.8 Å². The molecule has 0 saturated carbocycles. The molecule has 1 aliphatic heterocycles. The van der Waals surface area contributed by atoms with Crippen molar-refractivity contribution in [2.24, 2.45) is 0 Å². The Morgan fingerprint density at radius 2 is 2.33 bits per heavy atom. The zero-order valence-corrected chi connectivity index (χ0v) is 10.1. The molecule has 1 aromatic heterocycles. The third kappa shape index (κ3) is 2.16. The van der Waals surface area contributed by atoms with Crippen LogP contribution in [-0.2, 0) is 0 Å². The van der Waals surface area contributed by atoms with Gasteiger partial charge in [0.15, 0.2) is 0 Å². The third-order valence-corrected chi connectivity index (χ3v) is 3.42. The summed E-state index contributed by atoms with van der Waals surface area (Å²) in [6, 6.07) is 7.40. The lowest BCUT2D eigenvalue weighted by atomic mass is 10.1. The van der Waals surface area contributed by atoms with Gasteiger partial charge >= 0.3 is 0 Å². The van der Waals surface area contributed by atoms with Crippen LogP contribution in [0.15, 0.2) is 30.5 Å². The van der Waals surface area contributed by atoms with E-state index in [0.29, 0.717) is 17.2 Å². The molecule has 1 saturated heterocycles. The van der Waals surface area contributed by atoms with Gasteiger partial charge in [-0.05, 0) is 36.9 Å². The number of rotatable bonds is 3. The van der Waals surface area contributed by atoms with Crippen LogP contribution in [0.1, 0.15) is 12.8 Å². The maximum Gasteiger partial charge on any atom is 0.136 e. The van der Waals surface area contributed by atoms with E-state index >= 15 is 0 Å². The monoisotopic (exact) mass is 245 g/mol. The van der Waals surface area contributed by atoms with Crippen LogP contribution in [0.5, 0.6) is 0 Å². The zero-order valence-electron chi connectivity index (χ0n) is 10.1. The molecule has 2 N–H and O–H groups in total. The van der Waals surface area contributed by atoms with Gasteiger partial charge in [0.1, 0.15) is 11.6 Å². The summed E-state index contributed by atoms with van der Waals surface area (Å²) >= 11 is 0. The van der Waals surface area contributed by atoms with Crippen molar-refractivity contribution in [2.75, 3.05) is 18.4 Å². The summed E-state index contributed by atoms with van der Waals surface area (Å²) in [4.78, 5) is 4.25. The average Bonchev–Trinajstić information content (AvgIpc) is 2.89. The van der Waals surface area contributed by atoms with E-state index in [4.69, 9.17) is 0 Å². The summed E-state index contributed by atoms with van der Waals surface area (Å²) in [6.45, 7) is 1.87. The van der Waals surface area contributed by atoms with Crippen molar-refractivity contribution in [3.63, 3.8) is 0 Å². The molecule has 2 heterocycles. The lowest BCUT2D eigenvalue weighted by Crippen LogP contribution is -2.29. The maximum atomic E-state index is 13.9. The molecule has 1 aromatic carbocycles. The Kier molecular flexibility index (Phi) is 3.11. The fourth-order valence-corrected chi connectivity index (χ4v) is 2.47. The highest BCUT2D eigenvalue weighted by atomic mass is 19.1. The van der Waals surface area contributed by atoms with Gasteiger partial charge in [-0.15, -0.1) is 0 Å². The van der Waals surface area contributed by atoms with Gasteiger partial charge in [-0.1, -0.05) is 12.1 Å². The Labute approximate surface area is 105 Å². The molecular formula is C14H16FN3. The number of anilines is 1. The Balaban J connectivity index is 1.86. The summed E-state index contributed by atoms with van der Waals surface area (Å²) in [5.74, 6) is 0.418. The van der Waals surface area contributed by atoms with Crippen molar-refractivity contribution in [3.8, 4) is 0 Å². The highest BCUT2D eigenvalue weighted by Gasteiger charge is 2.14. The van der Waals surface area contributed by atoms with Crippen LogP contribution in [-0.4, -0.2) is 24.1 Å². The number of halogens is 1. The van der Waals surface area contributed by atoms with Gasteiger partial charge in [0.2, 0.25) is 0 Å². The van der Waals surface area contributed by atoms with Gasteiger partial charge in [0.05, 0.1) is 5.39 Å². The lowest BCUT2D eigenvalue weighted by molar-refractivity contribution is 0.630. The number of aromatic nitrogens is 1. The minimum Gasteiger partial charge on any atom is -0.368 e. The minimum atomic E-state index is -0.220. The van der Waals surface area contributed by atoms with Crippen LogP contribution < -0.4 is 10.6 Å². The van der Waals surface area contributed by atoms with E-state index in [1.807, 2.05) is 12.1 Å². The summed E-state index contributed by atoms with van der Waals surface area (Å²) in [6.07, 6.45) is 4.09. The Morgan fingerprint density at radius 3 is 3.17 bits per heavy atom. The van der Waals surface area contributed by atoms with Crippen molar-refractivity contribution in [3.05, 3.63) is 36.3 Å². The molecule has 0 bridgehead atoms. The molecule has 1 fully saturated rings. The van der Waals surface area contributed by atoms with Gasteiger partial charge in [-0.25, -0.2) is 9.37 Å². The fourth-order valence-electron chi connectivity index (χ4n) is 2.47. The average molecular weight is 245 g/mol. The number of benzene rings is 1. The summed E-state index contributed by atoms with van der Waals surface area (Å²) in [7, 11) is 0. The first-order valence-electron chi connectivity index (χ1n) is 6.35. The predicted molar refractivity (Wildman–Crippen MR) is 71.2 cm³/mol. The topological polar surface area (TPSA) is 37.0 Å². The second-order valence-corrected chi connectivity index (χ2v) is 4.67. The van der Waals surface area contributed by atoms with E-state index in [-0.39, 0.29) is 5.82 Å². The minimum absolute atomic E-state index is 0.220. The molecule has 0 aliphatic carbocycles. The zero-order chi connectivity index (χ0) is 12.4. The maximum absolute atomic E-state index is 13.9. The molecule has 1 aliphatic rings. The second-order valence-electron chi connectivity index (χ2n) is 4.67. The highest BCUT2D eigenvalue weighted by Crippen LogP contribution is 2.24. The van der Waals surface area contributed by atoms with Gasteiger partial charge in [0.25, 0.3) is 0 Å². The quantitative estimate of drug-likeness (QED) is 0.872. The normalized spacial score (nSPS) is 19.3. The highest BCUT2D eigenvalue weighted by molar-refractivity contribution is 5.92. The van der Waals surface area contributed by atoms with Crippen molar-refractivity contribution >= 4 is 16.6 Å².